The van der Waals surface area contributed by atoms with Crippen LogP contribution in [0.4, 0.5) is 12.9 Å². The molecule has 1 aromatic rings. The monoisotopic (exact) mass is 252 g/mol. The Balaban J connectivity index is 0.00000128. The van der Waals surface area contributed by atoms with Crippen LogP contribution in [0.1, 0.15) is 29.9 Å². The summed E-state index contributed by atoms with van der Waals surface area (Å²) in [6, 6.07) is 7.53. The molecule has 0 radical (unpaired) electrons. The second-order valence-corrected chi connectivity index (χ2v) is 4.23. The van der Waals surface area contributed by atoms with E-state index in [0.717, 1.165) is 24.0 Å². The normalized spacial score (nSPS) is 19.8. The first-order valence-electron chi connectivity index (χ1n) is 5.35. The zero-order valence-electron chi connectivity index (χ0n) is 9.43. The summed E-state index contributed by atoms with van der Waals surface area (Å²) in [5.41, 5.74) is 2.02. The molecule has 0 nitrogen and oxygen atoms in total. The van der Waals surface area contributed by atoms with E-state index in [0.29, 0.717) is 6.42 Å². The van der Waals surface area contributed by atoms with E-state index < -0.39 is 13.3 Å². The maximum absolute atomic E-state index is 12.4. The van der Waals surface area contributed by atoms with Crippen LogP contribution in [0.15, 0.2) is 24.3 Å². The van der Waals surface area contributed by atoms with E-state index in [-0.39, 0.29) is 57.3 Å². The molecule has 0 spiro atoms. The van der Waals surface area contributed by atoms with Gasteiger partial charge in [0.05, 0.1) is 0 Å². The minimum atomic E-state index is -4.66. The van der Waals surface area contributed by atoms with Crippen molar-refractivity contribution in [1.29, 1.82) is 0 Å². The van der Waals surface area contributed by atoms with Crippen LogP contribution in [0.5, 0.6) is 0 Å². The van der Waals surface area contributed by atoms with Crippen molar-refractivity contribution < 1.29 is 64.3 Å². The molecular formula is C11H13BF3K. The first-order chi connectivity index (χ1) is 7.06. The van der Waals surface area contributed by atoms with Crippen molar-refractivity contribution in [3.63, 3.8) is 0 Å². The van der Waals surface area contributed by atoms with Gasteiger partial charge in [0.2, 0.25) is 0 Å². The quantitative estimate of drug-likeness (QED) is 0.688. The average molecular weight is 252 g/mol. The molecule has 2 rings (SSSR count). The molecule has 16 heavy (non-hydrogen) atoms. The number of aryl methyl sites for hydroxylation is 1. The van der Waals surface area contributed by atoms with Gasteiger partial charge in [0.15, 0.2) is 0 Å². The average Bonchev–Trinajstić information content (AvgIpc) is 2.16. The van der Waals surface area contributed by atoms with E-state index in [2.05, 4.69) is 0 Å². The van der Waals surface area contributed by atoms with Crippen LogP contribution in [0, 0.1) is 0 Å². The van der Waals surface area contributed by atoms with E-state index in [1.54, 1.807) is 0 Å². The maximum Gasteiger partial charge on any atom is 1.00 e. The molecule has 0 heterocycles. The zero-order valence-corrected chi connectivity index (χ0v) is 12.5. The molecule has 0 amide bonds. The van der Waals surface area contributed by atoms with E-state index in [1.165, 1.54) is 0 Å². The van der Waals surface area contributed by atoms with E-state index >= 15 is 0 Å². The largest absolute Gasteiger partial charge is 1.00 e. The van der Waals surface area contributed by atoms with Gasteiger partial charge in [0, 0.05) is 0 Å². The summed E-state index contributed by atoms with van der Waals surface area (Å²) >= 11 is 0. The Morgan fingerprint density at radius 3 is 2.56 bits per heavy atom. The van der Waals surface area contributed by atoms with Gasteiger partial charge in [-0.3, -0.25) is 0 Å². The maximum atomic E-state index is 12.4. The summed E-state index contributed by atoms with van der Waals surface area (Å²) in [6.45, 7) is -4.66. The van der Waals surface area contributed by atoms with Crippen LogP contribution in [-0.4, -0.2) is 6.98 Å². The van der Waals surface area contributed by atoms with Crippen LogP contribution >= 0.6 is 0 Å². The Kier molecular flexibility index (Phi) is 5.58. The molecule has 1 aromatic carbocycles. The number of rotatable bonds is 2. The van der Waals surface area contributed by atoms with Gasteiger partial charge < -0.3 is 12.9 Å². The molecular weight excluding hydrogens is 239 g/mol. The summed E-state index contributed by atoms with van der Waals surface area (Å²) in [7, 11) is 0. The van der Waals surface area contributed by atoms with Gasteiger partial charge in [0.1, 0.15) is 0 Å². The molecule has 0 saturated carbocycles. The molecule has 0 aromatic heterocycles. The van der Waals surface area contributed by atoms with Crippen molar-refractivity contribution in [2.24, 2.45) is 0 Å². The Bertz CT molecular complexity index is 351. The third-order valence-electron chi connectivity index (χ3n) is 3.05. The van der Waals surface area contributed by atoms with Gasteiger partial charge in [-0.05, 0) is 36.3 Å². The minimum absolute atomic E-state index is 0. The van der Waals surface area contributed by atoms with Crippen LogP contribution in [0.3, 0.4) is 0 Å². The number of hydrogen-bond acceptors (Lipinski definition) is 0. The molecule has 0 fully saturated rings. The van der Waals surface area contributed by atoms with Gasteiger partial charge in [-0.25, -0.2) is 0 Å². The van der Waals surface area contributed by atoms with Gasteiger partial charge in [-0.1, -0.05) is 30.6 Å². The standard InChI is InChI=1S/C11H13BF3.K/c13-12(14,15)8-10-6-3-5-9-4-1-2-7-11(9)10;/h1-2,4,7,10H,3,5-6,8H2;/q-1;+1. The third kappa shape index (κ3) is 3.88. The second-order valence-electron chi connectivity index (χ2n) is 4.23. The molecule has 0 N–H and O–H groups in total. The van der Waals surface area contributed by atoms with Gasteiger partial charge in [0.25, 0.3) is 0 Å². The SMILES string of the molecule is F[B-](F)(F)CC1CCCc2ccccc21.[K+]. The molecule has 1 unspecified atom stereocenters. The minimum Gasteiger partial charge on any atom is -0.449 e. The Labute approximate surface area is 136 Å². The van der Waals surface area contributed by atoms with Crippen molar-refractivity contribution in [3.05, 3.63) is 35.4 Å². The van der Waals surface area contributed by atoms with E-state index in [4.69, 9.17) is 0 Å². The van der Waals surface area contributed by atoms with Gasteiger partial charge >= 0.3 is 58.4 Å². The summed E-state index contributed by atoms with van der Waals surface area (Å²) in [5.74, 6) is -0.296. The van der Waals surface area contributed by atoms with Crippen molar-refractivity contribution in [1.82, 2.24) is 0 Å². The second kappa shape index (κ2) is 6.05. The number of halogens is 3. The molecule has 1 aliphatic rings. The first-order valence-corrected chi connectivity index (χ1v) is 5.35. The van der Waals surface area contributed by atoms with Crippen molar-refractivity contribution in [2.75, 3.05) is 0 Å². The molecule has 0 aliphatic heterocycles. The third-order valence-corrected chi connectivity index (χ3v) is 3.05. The predicted molar refractivity (Wildman–Crippen MR) is 56.0 cm³/mol. The first kappa shape index (κ1) is 14.8. The van der Waals surface area contributed by atoms with E-state index in [1.807, 2.05) is 24.3 Å². The van der Waals surface area contributed by atoms with Crippen LogP contribution in [0.2, 0.25) is 6.32 Å². The zero-order chi connectivity index (χ0) is 10.9. The van der Waals surface area contributed by atoms with Crippen molar-refractivity contribution >= 4 is 6.98 Å². The van der Waals surface area contributed by atoms with Crippen LogP contribution in [-0.2, 0) is 6.42 Å². The summed E-state index contributed by atoms with van der Waals surface area (Å²) in [5, 5.41) is 0. The van der Waals surface area contributed by atoms with Crippen molar-refractivity contribution in [2.45, 2.75) is 31.5 Å². The predicted octanol–water partition coefficient (Wildman–Crippen LogP) is 0.958. The van der Waals surface area contributed by atoms with Gasteiger partial charge in [-0.15, -0.1) is 0 Å². The summed E-state index contributed by atoms with van der Waals surface area (Å²) in [6.07, 6.45) is 1.88. The topological polar surface area (TPSA) is 0 Å². The molecule has 0 bridgehead atoms. The molecule has 0 saturated heterocycles. The molecule has 1 atom stereocenters. The number of benzene rings is 1. The number of fused-ring (bicyclic) bond motifs is 1. The molecule has 82 valence electrons. The van der Waals surface area contributed by atoms with Gasteiger partial charge in [-0.2, -0.15) is 0 Å². The fourth-order valence-electron chi connectivity index (χ4n) is 2.42. The Morgan fingerprint density at radius 1 is 1.19 bits per heavy atom. The Morgan fingerprint density at radius 2 is 1.88 bits per heavy atom. The number of hydrogen-bond donors (Lipinski definition) is 0. The van der Waals surface area contributed by atoms with Crippen LogP contribution < -0.4 is 51.4 Å². The van der Waals surface area contributed by atoms with E-state index in [9.17, 15) is 12.9 Å². The fourth-order valence-corrected chi connectivity index (χ4v) is 2.42. The summed E-state index contributed by atoms with van der Waals surface area (Å²) < 4.78 is 37.2. The molecule has 1 aliphatic carbocycles. The van der Waals surface area contributed by atoms with Crippen molar-refractivity contribution in [3.8, 4) is 0 Å². The Hall–Kier alpha value is 0.711. The molecule has 5 heteroatoms. The fraction of sp³-hybridized carbons (Fsp3) is 0.455. The van der Waals surface area contributed by atoms with Crippen LogP contribution in [0.25, 0.3) is 0 Å². The summed E-state index contributed by atoms with van der Waals surface area (Å²) in [4.78, 5) is 0. The smallest absolute Gasteiger partial charge is 0.449 e.